The van der Waals surface area contributed by atoms with E-state index in [2.05, 4.69) is 21.2 Å². The highest BCUT2D eigenvalue weighted by molar-refractivity contribution is 9.10. The molecule has 0 aliphatic carbocycles. The lowest BCUT2D eigenvalue weighted by Gasteiger charge is -2.25. The summed E-state index contributed by atoms with van der Waals surface area (Å²) in [5.41, 5.74) is -0.569. The van der Waals surface area contributed by atoms with Crippen LogP contribution in [-0.2, 0) is 18.5 Å². The molecule has 10 heteroatoms. The molecule has 1 fully saturated rings. The zero-order valence-electron chi connectivity index (χ0n) is 11.0. The molecule has 2 heterocycles. The molecule has 2 rings (SSSR count). The topological polar surface area (TPSA) is 94.8 Å². The minimum atomic E-state index is -3.99. The van der Waals surface area contributed by atoms with Crippen molar-refractivity contribution in [2.24, 2.45) is 0 Å². The summed E-state index contributed by atoms with van der Waals surface area (Å²) in [6, 6.07) is 1.06. The predicted molar refractivity (Wildman–Crippen MR) is 77.0 cm³/mol. The van der Waals surface area contributed by atoms with Crippen LogP contribution in [0.5, 0.6) is 0 Å². The highest BCUT2D eigenvalue weighted by atomic mass is 79.9. The summed E-state index contributed by atoms with van der Waals surface area (Å²) >= 11 is 2.91. The number of hydrogen-bond acceptors (Lipinski definition) is 6. The molecule has 0 aromatic carbocycles. The van der Waals surface area contributed by atoms with Gasteiger partial charge in [-0.1, -0.05) is 0 Å². The van der Waals surface area contributed by atoms with E-state index in [1.807, 2.05) is 0 Å². The van der Waals surface area contributed by atoms with E-state index in [4.69, 9.17) is 24.6 Å². The molecule has 0 spiro atoms. The first-order valence-corrected chi connectivity index (χ1v) is 9.03. The van der Waals surface area contributed by atoms with E-state index in [-0.39, 0.29) is 21.9 Å². The molecule has 1 aromatic heterocycles. The first-order chi connectivity index (χ1) is 9.77. The Balaban J connectivity index is 2.07. The molecule has 1 aliphatic rings. The summed E-state index contributed by atoms with van der Waals surface area (Å²) < 4.78 is 38.1. The van der Waals surface area contributed by atoms with Crippen LogP contribution in [0.4, 0.5) is 0 Å². The van der Waals surface area contributed by atoms with Crippen LogP contribution in [0.15, 0.2) is 20.0 Å². The van der Waals surface area contributed by atoms with E-state index < -0.39 is 20.6 Å². The first-order valence-electron chi connectivity index (χ1n) is 5.92. The fourth-order valence-electron chi connectivity index (χ4n) is 1.92. The van der Waals surface area contributed by atoms with Gasteiger partial charge in [0.15, 0.2) is 10.4 Å². The fraction of sp³-hybridized carbons (Fsp3) is 0.545. The first kappa shape index (κ1) is 16.8. The van der Waals surface area contributed by atoms with Crippen LogP contribution >= 0.6 is 26.6 Å². The third-order valence-corrected chi connectivity index (χ3v) is 5.39. The van der Waals surface area contributed by atoms with Gasteiger partial charge in [-0.05, 0) is 15.9 Å². The van der Waals surface area contributed by atoms with Gasteiger partial charge in [0.05, 0.1) is 6.61 Å². The molecule has 1 saturated heterocycles. The lowest BCUT2D eigenvalue weighted by atomic mass is 10.0. The number of ether oxygens (including phenoxy) is 2. The summed E-state index contributed by atoms with van der Waals surface area (Å²) in [4.78, 5) is 11.7. The lowest BCUT2D eigenvalue weighted by molar-refractivity contribution is -0.0150. The molecule has 1 atom stereocenters. The number of furan rings is 1. The zero-order valence-corrected chi connectivity index (χ0v) is 14.2. The Morgan fingerprint density at radius 3 is 2.81 bits per heavy atom. The lowest BCUT2D eigenvalue weighted by Crippen LogP contribution is -2.44. The van der Waals surface area contributed by atoms with Crippen molar-refractivity contribution in [2.75, 3.05) is 26.9 Å². The second-order valence-corrected chi connectivity index (χ2v) is 7.81. The molecule has 1 aromatic rings. The Bertz CT molecular complexity index is 637. The molecule has 0 radical (unpaired) electrons. The van der Waals surface area contributed by atoms with Gasteiger partial charge < -0.3 is 19.2 Å². The average Bonchev–Trinajstić information content (AvgIpc) is 3.02. The van der Waals surface area contributed by atoms with Gasteiger partial charge in [-0.15, -0.1) is 0 Å². The highest BCUT2D eigenvalue weighted by Crippen LogP contribution is 2.29. The highest BCUT2D eigenvalue weighted by Gasteiger charge is 2.35. The molecular weight excluding hydrogens is 390 g/mol. The van der Waals surface area contributed by atoms with Crippen LogP contribution in [0.1, 0.15) is 17.0 Å². The van der Waals surface area contributed by atoms with Gasteiger partial charge in [0, 0.05) is 43.4 Å². The minimum absolute atomic E-state index is 0.117. The summed E-state index contributed by atoms with van der Waals surface area (Å²) in [5.74, 6) is -0.725. The minimum Gasteiger partial charge on any atom is -0.443 e. The maximum Gasteiger partial charge on any atom is 0.287 e. The van der Waals surface area contributed by atoms with Crippen LogP contribution in [0.25, 0.3) is 0 Å². The van der Waals surface area contributed by atoms with E-state index in [1.165, 1.54) is 0 Å². The number of carbonyl (C=O) groups excluding carboxylic acids is 1. The van der Waals surface area contributed by atoms with Crippen LogP contribution < -0.4 is 5.32 Å². The summed E-state index contributed by atoms with van der Waals surface area (Å²) in [6.07, 6.45) is 0.660. The second-order valence-electron chi connectivity index (χ2n) is 4.56. The molecular formula is C11H13BrClNO6S. The number of halogens is 2. The number of amides is 1. The van der Waals surface area contributed by atoms with Gasteiger partial charge in [-0.3, -0.25) is 4.79 Å². The van der Waals surface area contributed by atoms with Gasteiger partial charge in [0.2, 0.25) is 0 Å². The van der Waals surface area contributed by atoms with Crippen molar-refractivity contribution in [3.63, 3.8) is 0 Å². The standard InChI is InChI=1S/C11H13BrClNO6S/c1-18-11(2-3-19-6-11)5-14-10(15)7-4-8(9(12)20-7)21(13,16)17/h4H,2-3,5-6H2,1H3,(H,14,15). The van der Waals surface area contributed by atoms with Crippen LogP contribution in [0, 0.1) is 0 Å². The van der Waals surface area contributed by atoms with Crippen molar-refractivity contribution in [3.8, 4) is 0 Å². The molecule has 7 nitrogen and oxygen atoms in total. The molecule has 1 unspecified atom stereocenters. The average molecular weight is 403 g/mol. The molecule has 21 heavy (non-hydrogen) atoms. The summed E-state index contributed by atoms with van der Waals surface area (Å²) in [6.45, 7) is 1.17. The van der Waals surface area contributed by atoms with Crippen molar-refractivity contribution in [1.29, 1.82) is 0 Å². The molecule has 0 saturated carbocycles. The fourth-order valence-corrected chi connectivity index (χ4v) is 3.95. The van der Waals surface area contributed by atoms with Crippen LogP contribution in [0.2, 0.25) is 0 Å². The van der Waals surface area contributed by atoms with E-state index in [0.29, 0.717) is 19.6 Å². The summed E-state index contributed by atoms with van der Waals surface area (Å²) in [5, 5.41) is 2.63. The van der Waals surface area contributed by atoms with Gasteiger partial charge >= 0.3 is 0 Å². The van der Waals surface area contributed by atoms with Gasteiger partial charge in [0.1, 0.15) is 10.5 Å². The Kier molecular flexibility index (Phi) is 4.99. The Morgan fingerprint density at radius 2 is 2.33 bits per heavy atom. The maximum atomic E-state index is 12.0. The monoisotopic (exact) mass is 401 g/mol. The van der Waals surface area contributed by atoms with Gasteiger partial charge in [-0.25, -0.2) is 8.42 Å². The Labute approximate surface area is 134 Å². The van der Waals surface area contributed by atoms with Gasteiger partial charge in [0.25, 0.3) is 15.0 Å². The molecule has 1 N–H and O–H groups in total. The van der Waals surface area contributed by atoms with Crippen LogP contribution in [-0.4, -0.2) is 46.8 Å². The second kappa shape index (κ2) is 6.25. The van der Waals surface area contributed by atoms with Crippen molar-refractivity contribution >= 4 is 41.6 Å². The molecule has 1 aliphatic heterocycles. The molecule has 0 bridgehead atoms. The maximum absolute atomic E-state index is 12.0. The molecule has 118 valence electrons. The van der Waals surface area contributed by atoms with E-state index in [1.54, 1.807) is 7.11 Å². The SMILES string of the molecule is COC1(CNC(=O)c2cc(S(=O)(=O)Cl)c(Br)o2)CCOC1. The number of carbonyl (C=O) groups is 1. The van der Waals surface area contributed by atoms with Crippen molar-refractivity contribution in [2.45, 2.75) is 16.9 Å². The summed E-state index contributed by atoms with van der Waals surface area (Å²) in [7, 11) is 2.78. The van der Waals surface area contributed by atoms with E-state index in [0.717, 1.165) is 6.07 Å². The van der Waals surface area contributed by atoms with Crippen molar-refractivity contribution < 1.29 is 27.1 Å². The predicted octanol–water partition coefficient (Wildman–Crippen LogP) is 1.50. The number of methoxy groups -OCH3 is 1. The number of nitrogens with one attached hydrogen (secondary N) is 1. The quantitative estimate of drug-likeness (QED) is 0.750. The number of rotatable bonds is 5. The number of hydrogen-bond donors (Lipinski definition) is 1. The Morgan fingerprint density at radius 1 is 1.62 bits per heavy atom. The zero-order chi connectivity index (χ0) is 15.7. The normalized spacial score (nSPS) is 22.4. The smallest absolute Gasteiger partial charge is 0.287 e. The largest absolute Gasteiger partial charge is 0.443 e. The third kappa shape index (κ3) is 3.78. The third-order valence-electron chi connectivity index (χ3n) is 3.21. The van der Waals surface area contributed by atoms with Crippen LogP contribution in [0.3, 0.4) is 0 Å². The molecule has 1 amide bonds. The van der Waals surface area contributed by atoms with Gasteiger partial charge in [-0.2, -0.15) is 0 Å². The Hall–Kier alpha value is -0.610. The van der Waals surface area contributed by atoms with Crippen molar-refractivity contribution in [3.05, 3.63) is 16.5 Å². The van der Waals surface area contributed by atoms with E-state index in [9.17, 15) is 13.2 Å². The van der Waals surface area contributed by atoms with Crippen molar-refractivity contribution in [1.82, 2.24) is 5.32 Å². The van der Waals surface area contributed by atoms with E-state index >= 15 is 0 Å².